The summed E-state index contributed by atoms with van der Waals surface area (Å²) < 4.78 is 6.22. The molecule has 1 N–H and O–H groups in total. The summed E-state index contributed by atoms with van der Waals surface area (Å²) in [5, 5.41) is 3.21. The lowest BCUT2D eigenvalue weighted by atomic mass is 10.2. The molecule has 0 spiro atoms. The van der Waals surface area contributed by atoms with E-state index in [0.29, 0.717) is 32.3 Å². The van der Waals surface area contributed by atoms with E-state index < -0.39 is 0 Å². The molecule has 1 amide bonds. The third-order valence-electron chi connectivity index (χ3n) is 3.70. The van der Waals surface area contributed by atoms with Gasteiger partial charge >= 0.3 is 0 Å². The highest BCUT2D eigenvalue weighted by atomic mass is 79.9. The van der Waals surface area contributed by atoms with Gasteiger partial charge in [0.25, 0.3) is 0 Å². The predicted molar refractivity (Wildman–Crippen MR) is 81.1 cm³/mol. The van der Waals surface area contributed by atoms with Gasteiger partial charge in [-0.2, -0.15) is 0 Å². The summed E-state index contributed by atoms with van der Waals surface area (Å²) in [7, 11) is 0. The predicted octanol–water partition coefficient (Wildman–Crippen LogP) is -0.124. The molecule has 1 unspecified atom stereocenters. The SMILES string of the molecule is O=C(C1COCCN1)N1CCN(c2ncc(Br)cn2)CC1. The van der Waals surface area contributed by atoms with Crippen molar-refractivity contribution in [3.05, 3.63) is 16.9 Å². The molecule has 2 aliphatic heterocycles. The van der Waals surface area contributed by atoms with Crippen molar-refractivity contribution >= 4 is 27.8 Å². The van der Waals surface area contributed by atoms with Crippen LogP contribution in [0.5, 0.6) is 0 Å². The molecule has 21 heavy (non-hydrogen) atoms. The van der Waals surface area contributed by atoms with E-state index in [4.69, 9.17) is 4.74 Å². The first-order chi connectivity index (χ1) is 10.2. The minimum absolute atomic E-state index is 0.131. The van der Waals surface area contributed by atoms with Crippen molar-refractivity contribution in [2.45, 2.75) is 6.04 Å². The molecule has 3 heterocycles. The molecule has 0 bridgehead atoms. The lowest BCUT2D eigenvalue weighted by Gasteiger charge is -2.37. The van der Waals surface area contributed by atoms with E-state index in [-0.39, 0.29) is 11.9 Å². The number of hydrogen-bond donors (Lipinski definition) is 1. The van der Waals surface area contributed by atoms with Gasteiger partial charge in [-0.25, -0.2) is 9.97 Å². The minimum atomic E-state index is -0.200. The van der Waals surface area contributed by atoms with Crippen molar-refractivity contribution in [1.82, 2.24) is 20.2 Å². The van der Waals surface area contributed by atoms with Crippen molar-refractivity contribution in [2.75, 3.05) is 50.8 Å². The van der Waals surface area contributed by atoms with Crippen LogP contribution < -0.4 is 10.2 Å². The molecule has 0 aromatic carbocycles. The normalized spacial score (nSPS) is 23.2. The molecular formula is C13H18BrN5O2. The molecular weight excluding hydrogens is 338 g/mol. The van der Waals surface area contributed by atoms with E-state index >= 15 is 0 Å². The highest BCUT2D eigenvalue weighted by Crippen LogP contribution is 2.14. The molecule has 2 aliphatic rings. The second kappa shape index (κ2) is 6.67. The van der Waals surface area contributed by atoms with Gasteiger partial charge in [-0.15, -0.1) is 0 Å². The van der Waals surface area contributed by atoms with Crippen LogP contribution in [0.25, 0.3) is 0 Å². The first-order valence-electron chi connectivity index (χ1n) is 7.06. The van der Waals surface area contributed by atoms with Gasteiger partial charge < -0.3 is 19.9 Å². The number of piperazine rings is 1. The molecule has 0 saturated carbocycles. The Morgan fingerprint density at radius 1 is 1.29 bits per heavy atom. The highest BCUT2D eigenvalue weighted by Gasteiger charge is 2.29. The fraction of sp³-hybridized carbons (Fsp3) is 0.615. The van der Waals surface area contributed by atoms with Gasteiger partial charge in [0.05, 0.1) is 17.7 Å². The number of carbonyl (C=O) groups excluding carboxylic acids is 1. The second-order valence-electron chi connectivity index (χ2n) is 5.10. The number of rotatable bonds is 2. The van der Waals surface area contributed by atoms with Crippen molar-refractivity contribution in [3.63, 3.8) is 0 Å². The van der Waals surface area contributed by atoms with E-state index in [1.807, 2.05) is 4.90 Å². The molecule has 114 valence electrons. The van der Waals surface area contributed by atoms with Gasteiger partial charge in [0, 0.05) is 45.1 Å². The minimum Gasteiger partial charge on any atom is -0.378 e. The second-order valence-corrected chi connectivity index (χ2v) is 6.01. The number of ether oxygens (including phenoxy) is 1. The molecule has 8 heteroatoms. The third kappa shape index (κ3) is 3.50. The average Bonchev–Trinajstić information content (AvgIpc) is 2.56. The smallest absolute Gasteiger partial charge is 0.242 e. The van der Waals surface area contributed by atoms with Crippen molar-refractivity contribution in [3.8, 4) is 0 Å². The number of amides is 1. The maximum absolute atomic E-state index is 12.4. The Morgan fingerprint density at radius 3 is 2.62 bits per heavy atom. The number of anilines is 1. The molecule has 7 nitrogen and oxygen atoms in total. The van der Waals surface area contributed by atoms with Crippen LogP contribution in [0.4, 0.5) is 5.95 Å². The summed E-state index contributed by atoms with van der Waals surface area (Å²) in [5.74, 6) is 0.843. The van der Waals surface area contributed by atoms with Gasteiger partial charge in [0.2, 0.25) is 11.9 Å². The van der Waals surface area contributed by atoms with Gasteiger partial charge in [0.15, 0.2) is 0 Å². The fourth-order valence-corrected chi connectivity index (χ4v) is 2.74. The Balaban J connectivity index is 1.54. The fourth-order valence-electron chi connectivity index (χ4n) is 2.54. The van der Waals surface area contributed by atoms with Crippen molar-refractivity contribution < 1.29 is 9.53 Å². The maximum atomic E-state index is 12.4. The Bertz CT molecular complexity index is 484. The molecule has 2 fully saturated rings. The first-order valence-corrected chi connectivity index (χ1v) is 7.86. The monoisotopic (exact) mass is 355 g/mol. The molecule has 1 aromatic rings. The molecule has 1 aromatic heterocycles. The quantitative estimate of drug-likeness (QED) is 0.797. The third-order valence-corrected chi connectivity index (χ3v) is 4.11. The molecule has 3 rings (SSSR count). The van der Waals surface area contributed by atoms with Crippen LogP contribution in [0.1, 0.15) is 0 Å². The number of morpholine rings is 1. The first kappa shape index (κ1) is 14.7. The lowest BCUT2D eigenvalue weighted by Crippen LogP contribution is -2.57. The maximum Gasteiger partial charge on any atom is 0.242 e. The molecule has 0 aliphatic carbocycles. The van der Waals surface area contributed by atoms with Gasteiger partial charge in [-0.05, 0) is 15.9 Å². The number of aromatic nitrogens is 2. The van der Waals surface area contributed by atoms with E-state index in [1.54, 1.807) is 12.4 Å². The summed E-state index contributed by atoms with van der Waals surface area (Å²) in [6.07, 6.45) is 3.48. The van der Waals surface area contributed by atoms with Crippen LogP contribution in [0.3, 0.4) is 0 Å². The Labute approximate surface area is 131 Å². The number of halogens is 1. The zero-order valence-corrected chi connectivity index (χ0v) is 13.3. The average molecular weight is 356 g/mol. The molecule has 0 radical (unpaired) electrons. The Kier molecular flexibility index (Phi) is 4.67. The van der Waals surface area contributed by atoms with Gasteiger partial charge in [-0.3, -0.25) is 4.79 Å². The molecule has 2 saturated heterocycles. The molecule has 1 atom stereocenters. The van der Waals surface area contributed by atoms with E-state index in [0.717, 1.165) is 24.1 Å². The number of nitrogens with zero attached hydrogens (tertiary/aromatic N) is 4. The largest absolute Gasteiger partial charge is 0.378 e. The number of hydrogen-bond acceptors (Lipinski definition) is 6. The van der Waals surface area contributed by atoms with Crippen LogP contribution in [0.2, 0.25) is 0 Å². The van der Waals surface area contributed by atoms with Crippen LogP contribution >= 0.6 is 15.9 Å². The van der Waals surface area contributed by atoms with E-state index in [9.17, 15) is 4.79 Å². The van der Waals surface area contributed by atoms with Crippen LogP contribution in [0.15, 0.2) is 16.9 Å². The number of nitrogens with one attached hydrogen (secondary N) is 1. The summed E-state index contributed by atoms with van der Waals surface area (Å²) in [6.45, 7) is 4.77. The topological polar surface area (TPSA) is 70.6 Å². The zero-order chi connectivity index (χ0) is 14.7. The summed E-state index contributed by atoms with van der Waals surface area (Å²) in [4.78, 5) is 24.9. The highest BCUT2D eigenvalue weighted by molar-refractivity contribution is 9.10. The summed E-state index contributed by atoms with van der Waals surface area (Å²) in [5.41, 5.74) is 0. The van der Waals surface area contributed by atoms with Crippen molar-refractivity contribution in [2.24, 2.45) is 0 Å². The van der Waals surface area contributed by atoms with Crippen LogP contribution in [0, 0.1) is 0 Å². The van der Waals surface area contributed by atoms with Gasteiger partial charge in [-0.1, -0.05) is 0 Å². The number of carbonyl (C=O) groups is 1. The Morgan fingerprint density at radius 2 is 2.00 bits per heavy atom. The Hall–Kier alpha value is -1.25. The van der Waals surface area contributed by atoms with Crippen molar-refractivity contribution in [1.29, 1.82) is 0 Å². The standard InChI is InChI=1S/C13H18BrN5O2/c14-10-7-16-13(17-8-10)19-4-2-18(3-5-19)12(20)11-9-21-6-1-15-11/h7-8,11,15H,1-6,9H2. The van der Waals surface area contributed by atoms with Crippen LogP contribution in [-0.2, 0) is 9.53 Å². The van der Waals surface area contributed by atoms with E-state index in [2.05, 4.69) is 36.1 Å². The summed E-state index contributed by atoms with van der Waals surface area (Å²) in [6, 6.07) is -0.200. The van der Waals surface area contributed by atoms with Crippen LogP contribution in [-0.4, -0.2) is 72.8 Å². The summed E-state index contributed by atoms with van der Waals surface area (Å²) >= 11 is 3.33. The van der Waals surface area contributed by atoms with E-state index in [1.165, 1.54) is 0 Å². The lowest BCUT2D eigenvalue weighted by molar-refractivity contribution is -0.136. The van der Waals surface area contributed by atoms with Gasteiger partial charge in [0.1, 0.15) is 6.04 Å². The zero-order valence-electron chi connectivity index (χ0n) is 11.7.